The number of urea groups is 1. The number of carbonyl (C=O) groups is 6. The van der Waals surface area contributed by atoms with E-state index >= 15 is 0 Å². The molecule has 1 fully saturated rings. The van der Waals surface area contributed by atoms with Gasteiger partial charge in [-0.1, -0.05) is 23.2 Å². The first-order valence-electron chi connectivity index (χ1n) is 17.2. The predicted octanol–water partition coefficient (Wildman–Crippen LogP) is 6.02. The van der Waals surface area contributed by atoms with E-state index in [4.69, 9.17) is 52.6 Å². The zero-order valence-corrected chi connectivity index (χ0v) is 32.1. The maximum absolute atomic E-state index is 13.1. The number of nitrogens with one attached hydrogen (secondary N) is 2. The van der Waals surface area contributed by atoms with Crippen LogP contribution in [-0.2, 0) is 28.7 Å². The van der Waals surface area contributed by atoms with Gasteiger partial charge < -0.3 is 55.4 Å². The summed E-state index contributed by atoms with van der Waals surface area (Å²) in [7, 11) is 1.40. The maximum Gasteiger partial charge on any atom is 0.323 e. The van der Waals surface area contributed by atoms with Gasteiger partial charge in [-0.25, -0.2) is 4.79 Å². The number of ether oxygens (including phenoxy) is 5. The third-order valence-corrected chi connectivity index (χ3v) is 9.68. The Morgan fingerprint density at radius 3 is 2.14 bits per heavy atom. The summed E-state index contributed by atoms with van der Waals surface area (Å²) in [5.41, 5.74) is 6.44. The number of halogens is 2. The summed E-state index contributed by atoms with van der Waals surface area (Å²) in [6.45, 7) is 0.646. The lowest BCUT2D eigenvalue weighted by molar-refractivity contribution is -0.237. The van der Waals surface area contributed by atoms with E-state index < -0.39 is 91.8 Å². The number of nitrogens with two attached hydrogens (primary N) is 1. The van der Waals surface area contributed by atoms with Crippen LogP contribution in [0.3, 0.4) is 0 Å². The van der Waals surface area contributed by atoms with Gasteiger partial charge >= 0.3 is 29.9 Å². The van der Waals surface area contributed by atoms with E-state index in [0.29, 0.717) is 16.7 Å². The van der Waals surface area contributed by atoms with E-state index in [1.807, 2.05) is 0 Å². The Morgan fingerprint density at radius 2 is 1.50 bits per heavy atom. The number of anilines is 2. The Balaban J connectivity index is 1.33. The Labute approximate surface area is 339 Å². The van der Waals surface area contributed by atoms with Crippen LogP contribution in [0.25, 0.3) is 10.9 Å². The van der Waals surface area contributed by atoms with Crippen LogP contribution in [0.1, 0.15) is 36.5 Å². The van der Waals surface area contributed by atoms with E-state index in [1.165, 1.54) is 55.8 Å². The second-order valence-electron chi connectivity index (χ2n) is 13.0. The molecule has 1 aliphatic heterocycles. The first-order valence-corrected chi connectivity index (χ1v) is 18.0. The first-order chi connectivity index (χ1) is 27.5. The second-order valence-corrected chi connectivity index (χ2v) is 13.8. The van der Waals surface area contributed by atoms with Gasteiger partial charge in [0.05, 0.1) is 52.9 Å². The number of primary amides is 1. The van der Waals surface area contributed by atoms with Crippen LogP contribution < -0.4 is 30.6 Å². The van der Waals surface area contributed by atoms with Crippen LogP contribution in [0.5, 0.6) is 23.0 Å². The summed E-state index contributed by atoms with van der Waals surface area (Å²) in [6.07, 6.45) is -3.14. The molecule has 306 valence electrons. The molecule has 4 aromatic rings. The van der Waals surface area contributed by atoms with E-state index in [-0.39, 0.29) is 44.2 Å². The molecule has 0 bridgehead atoms. The summed E-state index contributed by atoms with van der Waals surface area (Å²) < 4.78 is 28.4. The summed E-state index contributed by atoms with van der Waals surface area (Å²) in [4.78, 5) is 76.8. The Hall–Kier alpha value is -6.37. The minimum atomic E-state index is -1.51. The van der Waals surface area contributed by atoms with Gasteiger partial charge in [0.2, 0.25) is 6.29 Å². The van der Waals surface area contributed by atoms with Gasteiger partial charge in [-0.15, -0.1) is 0 Å². The standard InChI is InChI=1S/C38H36Cl2N4O14/c1-17(45)55-16-32-21(13-34(48)49)20(12-33(46)47)22(14-35(50)51)37(58-32)57-31-9-18(3-5-25(31)39)43-38(53)44-27-6-4-19(10-26(27)40)56-29-7-8-42-28-15-30(54-2)24(36(41)52)11-23(28)29/h3-11,15,20-22,32,37H,12-14,16H2,1-2H3,(H2,41,52)(H,46,47)(H,48,49)(H,50,51)(H2,43,44,53)/t20-,21+,22+,32-,37+/m0/s1. The van der Waals surface area contributed by atoms with Crippen molar-refractivity contribution in [1.82, 2.24) is 4.98 Å². The summed E-state index contributed by atoms with van der Waals surface area (Å²) in [5.74, 6) is -8.05. The molecule has 58 heavy (non-hydrogen) atoms. The molecule has 1 aliphatic rings. The van der Waals surface area contributed by atoms with Crippen LogP contribution in [0.4, 0.5) is 16.2 Å². The molecule has 18 nitrogen and oxygen atoms in total. The molecule has 0 radical (unpaired) electrons. The zero-order chi connectivity index (χ0) is 42.3. The van der Waals surface area contributed by atoms with Crippen LogP contribution in [0.2, 0.25) is 10.0 Å². The first kappa shape index (κ1) is 42.8. The number of hydrogen-bond donors (Lipinski definition) is 6. The average Bonchev–Trinajstić information content (AvgIpc) is 3.14. The van der Waals surface area contributed by atoms with E-state index in [9.17, 15) is 44.1 Å². The number of carboxylic acid groups (broad SMARTS) is 3. The highest BCUT2D eigenvalue weighted by Gasteiger charge is 2.49. The molecule has 1 saturated heterocycles. The van der Waals surface area contributed by atoms with Gasteiger partial charge in [0.1, 0.15) is 29.6 Å². The number of hydrogen-bond acceptors (Lipinski definition) is 12. The molecule has 0 aliphatic carbocycles. The Kier molecular flexibility index (Phi) is 13.8. The molecule has 0 spiro atoms. The Morgan fingerprint density at radius 1 is 0.810 bits per heavy atom. The Bertz CT molecular complexity index is 2260. The summed E-state index contributed by atoms with van der Waals surface area (Å²) in [6, 6.07) is 12.4. The fraction of sp³-hybridized carbons (Fsp3) is 0.289. The molecule has 0 unspecified atom stereocenters. The molecule has 3 aromatic carbocycles. The number of aliphatic carboxylic acids is 3. The van der Waals surface area contributed by atoms with Crippen molar-refractivity contribution in [2.45, 2.75) is 38.6 Å². The van der Waals surface area contributed by atoms with Gasteiger partial charge in [-0.2, -0.15) is 0 Å². The molecule has 2 heterocycles. The van der Waals surface area contributed by atoms with Crippen LogP contribution in [0, 0.1) is 17.8 Å². The highest BCUT2D eigenvalue weighted by molar-refractivity contribution is 6.34. The van der Waals surface area contributed by atoms with E-state index in [1.54, 1.807) is 12.1 Å². The van der Waals surface area contributed by atoms with Crippen LogP contribution >= 0.6 is 23.2 Å². The maximum atomic E-state index is 13.1. The molecule has 5 rings (SSSR count). The second kappa shape index (κ2) is 18.7. The fourth-order valence-corrected chi connectivity index (χ4v) is 6.93. The summed E-state index contributed by atoms with van der Waals surface area (Å²) >= 11 is 12.9. The fourth-order valence-electron chi connectivity index (χ4n) is 6.55. The van der Waals surface area contributed by atoms with Crippen molar-refractivity contribution in [3.8, 4) is 23.0 Å². The molecule has 1 aromatic heterocycles. The molecular formula is C38H36Cl2N4O14. The monoisotopic (exact) mass is 842 g/mol. The van der Waals surface area contributed by atoms with Crippen molar-refractivity contribution in [2.24, 2.45) is 23.5 Å². The lowest BCUT2D eigenvalue weighted by Crippen LogP contribution is -2.53. The number of benzene rings is 3. The molecule has 7 N–H and O–H groups in total. The third-order valence-electron chi connectivity index (χ3n) is 9.05. The van der Waals surface area contributed by atoms with Gasteiger partial charge in [-0.05, 0) is 42.3 Å². The number of rotatable bonds is 16. The minimum Gasteiger partial charge on any atom is -0.496 e. The molecule has 5 atom stereocenters. The molecule has 3 amide bonds. The summed E-state index contributed by atoms with van der Waals surface area (Å²) in [5, 5.41) is 34.9. The predicted molar refractivity (Wildman–Crippen MR) is 206 cm³/mol. The lowest BCUT2D eigenvalue weighted by Gasteiger charge is -2.45. The molecular weight excluding hydrogens is 807 g/mol. The SMILES string of the molecule is COc1cc2nccc(Oc3ccc(NC(=O)Nc4ccc(Cl)c(O[C@@H]5O[C@@H](COC(C)=O)[C@H](CC(=O)O)[C@H](CC(=O)O)[C@H]5CC(=O)O)c4)c(Cl)c3)c2cc1C(N)=O. The molecule has 20 heteroatoms. The van der Waals surface area contributed by atoms with Crippen LogP contribution in [-0.4, -0.2) is 82.2 Å². The van der Waals surface area contributed by atoms with E-state index in [2.05, 4.69) is 15.6 Å². The normalized spacial score (nSPS) is 18.7. The average molecular weight is 844 g/mol. The number of amides is 3. The van der Waals surface area contributed by atoms with Crippen molar-refractivity contribution in [1.29, 1.82) is 0 Å². The minimum absolute atomic E-state index is 0.00629. The number of carbonyl (C=O) groups excluding carboxylic acids is 3. The van der Waals surface area contributed by atoms with Crippen molar-refractivity contribution in [3.63, 3.8) is 0 Å². The smallest absolute Gasteiger partial charge is 0.323 e. The lowest BCUT2D eigenvalue weighted by atomic mass is 9.71. The number of fused-ring (bicyclic) bond motifs is 1. The topological polar surface area (TPSA) is 272 Å². The van der Waals surface area contributed by atoms with Gasteiger partial charge in [0.15, 0.2) is 0 Å². The quantitative estimate of drug-likeness (QED) is 0.0703. The number of pyridine rings is 1. The van der Waals surface area contributed by atoms with Gasteiger partial charge in [0.25, 0.3) is 5.91 Å². The number of carboxylic acids is 3. The highest BCUT2D eigenvalue weighted by Crippen LogP contribution is 2.43. The number of methoxy groups -OCH3 is 1. The zero-order valence-electron chi connectivity index (χ0n) is 30.6. The molecule has 0 saturated carbocycles. The van der Waals surface area contributed by atoms with Crippen molar-refractivity contribution in [2.75, 3.05) is 24.4 Å². The van der Waals surface area contributed by atoms with Crippen molar-refractivity contribution >= 4 is 81.3 Å². The highest BCUT2D eigenvalue weighted by atomic mass is 35.5. The number of nitrogens with zero attached hydrogens (tertiary/aromatic N) is 1. The van der Waals surface area contributed by atoms with Crippen molar-refractivity contribution in [3.05, 3.63) is 76.4 Å². The van der Waals surface area contributed by atoms with E-state index in [0.717, 1.165) is 6.92 Å². The van der Waals surface area contributed by atoms with Gasteiger partial charge in [-0.3, -0.25) is 29.0 Å². The largest absolute Gasteiger partial charge is 0.496 e. The van der Waals surface area contributed by atoms with Crippen molar-refractivity contribution < 1.29 is 67.8 Å². The third kappa shape index (κ3) is 10.7. The van der Waals surface area contributed by atoms with Crippen LogP contribution in [0.15, 0.2) is 60.8 Å². The van der Waals surface area contributed by atoms with Gasteiger partial charge in [0, 0.05) is 60.6 Å². The number of aromatic nitrogens is 1. The number of esters is 1.